The normalized spacial score (nSPS) is 16.6. The van der Waals surface area contributed by atoms with E-state index in [0.29, 0.717) is 0 Å². The van der Waals surface area contributed by atoms with E-state index >= 15 is 0 Å². The van der Waals surface area contributed by atoms with Gasteiger partial charge in [-0.05, 0) is 93.5 Å². The second-order valence-corrected chi connectivity index (χ2v) is 17.8. The summed E-state index contributed by atoms with van der Waals surface area (Å²) in [6.07, 6.45) is 12.8. The van der Waals surface area contributed by atoms with Gasteiger partial charge in [0.25, 0.3) is 0 Å². The van der Waals surface area contributed by atoms with Crippen LogP contribution in [0.3, 0.4) is 0 Å². The summed E-state index contributed by atoms with van der Waals surface area (Å²) in [6.45, 7) is 0. The molecule has 0 aliphatic heterocycles. The highest BCUT2D eigenvalue weighted by Gasteiger charge is 2.49. The fourth-order valence-corrected chi connectivity index (χ4v) is 12.0. The van der Waals surface area contributed by atoms with Gasteiger partial charge in [0.05, 0.1) is 22.8 Å². The number of fused-ring (bicyclic) bond motifs is 10. The third kappa shape index (κ3) is 5.39. The average Bonchev–Trinajstić information content (AvgIpc) is 3.74. The summed E-state index contributed by atoms with van der Waals surface area (Å²) in [4.78, 5) is 11.0. The topological polar surface area (TPSA) is 25.8 Å². The van der Waals surface area contributed by atoms with E-state index in [9.17, 15) is 0 Å². The first kappa shape index (κ1) is 35.6. The average molecular weight is 773 g/mol. The maximum Gasteiger partial charge on any atom is 0.0973 e. The Balaban J connectivity index is 1.03. The summed E-state index contributed by atoms with van der Waals surface area (Å²) in [6, 6.07) is 62.8. The van der Waals surface area contributed by atoms with Gasteiger partial charge in [-0.15, -0.1) is 0 Å². The molecule has 2 heteroatoms. The van der Waals surface area contributed by atoms with Gasteiger partial charge in [0.1, 0.15) is 0 Å². The smallest absolute Gasteiger partial charge is 0.0973 e. The molecule has 0 atom stereocenters. The van der Waals surface area contributed by atoms with Crippen LogP contribution in [0.25, 0.3) is 78.4 Å². The van der Waals surface area contributed by atoms with E-state index in [1.807, 2.05) is 0 Å². The maximum absolute atomic E-state index is 5.54. The molecule has 0 bridgehead atoms. The summed E-state index contributed by atoms with van der Waals surface area (Å²) in [5.74, 6) is 0. The Bertz CT molecular complexity index is 2900. The lowest BCUT2D eigenvalue weighted by Gasteiger charge is -2.37. The molecular formula is C58H48N2. The van der Waals surface area contributed by atoms with E-state index in [0.717, 1.165) is 45.0 Å². The van der Waals surface area contributed by atoms with Crippen LogP contribution >= 0.6 is 0 Å². The van der Waals surface area contributed by atoms with Gasteiger partial charge in [-0.2, -0.15) is 0 Å². The van der Waals surface area contributed by atoms with Crippen molar-refractivity contribution in [2.45, 2.75) is 75.0 Å². The Labute approximate surface area is 354 Å². The van der Waals surface area contributed by atoms with E-state index < -0.39 is 0 Å². The summed E-state index contributed by atoms with van der Waals surface area (Å²) >= 11 is 0. The molecule has 2 nitrogen and oxygen atoms in total. The molecule has 12 rings (SSSR count). The minimum Gasteiger partial charge on any atom is -0.243 e. The van der Waals surface area contributed by atoms with Crippen LogP contribution in [0.1, 0.15) is 86.5 Å². The number of benzene rings is 7. The lowest BCUT2D eigenvalue weighted by atomic mass is 9.66. The highest BCUT2D eigenvalue weighted by atomic mass is 14.9. The van der Waals surface area contributed by atoms with E-state index in [4.69, 9.17) is 9.97 Å². The van der Waals surface area contributed by atoms with Crippen molar-refractivity contribution in [3.8, 4) is 78.4 Å². The minimum atomic E-state index is 0.0691. The van der Waals surface area contributed by atoms with Crippen LogP contribution < -0.4 is 0 Å². The molecule has 4 aliphatic carbocycles. The van der Waals surface area contributed by atoms with Crippen LogP contribution in [0.15, 0.2) is 170 Å². The van der Waals surface area contributed by atoms with Gasteiger partial charge in [-0.3, -0.25) is 0 Å². The summed E-state index contributed by atoms with van der Waals surface area (Å²) < 4.78 is 0. The van der Waals surface area contributed by atoms with Crippen LogP contribution in [0.5, 0.6) is 0 Å². The minimum absolute atomic E-state index is 0.0691. The zero-order valence-electron chi connectivity index (χ0n) is 34.1. The lowest BCUT2D eigenvalue weighted by molar-refractivity contribution is 0.350. The third-order valence-electron chi connectivity index (χ3n) is 14.7. The van der Waals surface area contributed by atoms with Gasteiger partial charge in [-0.25, -0.2) is 9.97 Å². The molecule has 290 valence electrons. The predicted octanol–water partition coefficient (Wildman–Crippen LogP) is 15.3. The van der Waals surface area contributed by atoms with Crippen molar-refractivity contribution in [3.05, 3.63) is 192 Å². The molecule has 2 spiro atoms. The first-order valence-electron chi connectivity index (χ1n) is 22.3. The number of hydrogen-bond donors (Lipinski definition) is 0. The maximum atomic E-state index is 5.54. The van der Waals surface area contributed by atoms with Crippen molar-refractivity contribution in [1.82, 2.24) is 9.97 Å². The molecule has 2 saturated carbocycles. The van der Waals surface area contributed by atoms with E-state index in [2.05, 4.69) is 170 Å². The van der Waals surface area contributed by atoms with Crippen molar-refractivity contribution < 1.29 is 0 Å². The summed E-state index contributed by atoms with van der Waals surface area (Å²) in [5, 5.41) is 0. The molecule has 7 aromatic carbocycles. The van der Waals surface area contributed by atoms with Crippen molar-refractivity contribution in [3.63, 3.8) is 0 Å². The van der Waals surface area contributed by atoms with Crippen molar-refractivity contribution in [2.75, 3.05) is 0 Å². The van der Waals surface area contributed by atoms with Gasteiger partial charge in [0.2, 0.25) is 0 Å². The first-order chi connectivity index (χ1) is 29.7. The van der Waals surface area contributed by atoms with Crippen LogP contribution in [0, 0.1) is 0 Å². The number of nitrogens with zero attached hydrogens (tertiary/aromatic N) is 2. The molecule has 8 aromatic rings. The monoisotopic (exact) mass is 772 g/mol. The van der Waals surface area contributed by atoms with Crippen LogP contribution in [-0.4, -0.2) is 9.97 Å². The van der Waals surface area contributed by atoms with Gasteiger partial charge in [0.15, 0.2) is 0 Å². The first-order valence-corrected chi connectivity index (χ1v) is 22.3. The number of hydrogen-bond acceptors (Lipinski definition) is 2. The SMILES string of the molecule is c1ccc(-c2nc(-c3ccccc3)c(-c3ccc(-c4cccc5c4-c4cc6c(cc4C54CCCCC4)-c4ccccc4C64CCCCC4)cc3)nc2-c2ccccc2)cc1. The standard InChI is InChI=1S/C58H48N2/c1-6-19-40(20-7-1)53-54(41-21-8-2-9-22-41)60-56(55(59-53)42-23-10-3-11-24-42)43-31-29-39(30-32-43)44-26-18-28-49-52(44)47-38-50-46(37-51(47)58(49)35-16-5-17-36-58)45-25-12-13-27-48(45)57(50)33-14-4-15-34-57/h1-3,6-13,18-32,37-38H,4-5,14-17,33-36H2. The van der Waals surface area contributed by atoms with Gasteiger partial charge >= 0.3 is 0 Å². The zero-order chi connectivity index (χ0) is 39.7. The zero-order valence-corrected chi connectivity index (χ0v) is 34.1. The Kier molecular flexibility index (Phi) is 8.37. The fraction of sp³-hybridized carbons (Fsp3) is 0.207. The molecule has 60 heavy (non-hydrogen) atoms. The van der Waals surface area contributed by atoms with E-state index in [1.54, 1.807) is 22.3 Å². The molecule has 1 aromatic heterocycles. The van der Waals surface area contributed by atoms with Crippen LogP contribution in [0.2, 0.25) is 0 Å². The molecule has 0 saturated heterocycles. The third-order valence-corrected chi connectivity index (χ3v) is 14.7. The summed E-state index contributed by atoms with van der Waals surface area (Å²) in [5.41, 5.74) is 22.8. The van der Waals surface area contributed by atoms with Crippen LogP contribution in [-0.2, 0) is 10.8 Å². The molecule has 0 N–H and O–H groups in total. The number of aromatic nitrogens is 2. The Morgan fingerprint density at radius 3 is 1.23 bits per heavy atom. The Morgan fingerprint density at radius 1 is 0.283 bits per heavy atom. The van der Waals surface area contributed by atoms with Gasteiger partial charge < -0.3 is 0 Å². The van der Waals surface area contributed by atoms with Crippen LogP contribution in [0.4, 0.5) is 0 Å². The van der Waals surface area contributed by atoms with Gasteiger partial charge in [-0.1, -0.05) is 196 Å². The molecule has 0 amide bonds. The van der Waals surface area contributed by atoms with E-state index in [-0.39, 0.29) is 10.8 Å². The molecule has 4 aliphatic rings. The highest BCUT2D eigenvalue weighted by molar-refractivity contribution is 5.97. The Hall–Kier alpha value is -6.38. The molecule has 1 heterocycles. The van der Waals surface area contributed by atoms with E-state index in [1.165, 1.54) is 97.6 Å². The molecule has 2 fully saturated rings. The second kappa shape index (κ2) is 14.1. The summed E-state index contributed by atoms with van der Waals surface area (Å²) in [7, 11) is 0. The van der Waals surface area contributed by atoms with Gasteiger partial charge in [0, 0.05) is 33.1 Å². The largest absolute Gasteiger partial charge is 0.243 e. The van der Waals surface area contributed by atoms with Crippen molar-refractivity contribution >= 4 is 0 Å². The number of rotatable bonds is 5. The predicted molar refractivity (Wildman–Crippen MR) is 248 cm³/mol. The van der Waals surface area contributed by atoms with Crippen molar-refractivity contribution in [2.24, 2.45) is 0 Å². The lowest BCUT2D eigenvalue weighted by Crippen LogP contribution is -2.29. The highest BCUT2D eigenvalue weighted by Crippen LogP contribution is 2.63. The van der Waals surface area contributed by atoms with Crippen molar-refractivity contribution in [1.29, 1.82) is 0 Å². The molecule has 0 radical (unpaired) electrons. The molecule has 0 unspecified atom stereocenters. The Morgan fingerprint density at radius 2 is 0.683 bits per heavy atom. The quantitative estimate of drug-likeness (QED) is 0.174. The molecular weight excluding hydrogens is 725 g/mol. The second-order valence-electron chi connectivity index (χ2n) is 17.8. The fourth-order valence-electron chi connectivity index (χ4n) is 12.0.